The van der Waals surface area contributed by atoms with E-state index in [0.717, 1.165) is 35.7 Å². The number of amides is 1. The van der Waals surface area contributed by atoms with E-state index in [0.29, 0.717) is 0 Å². The molecular formula is C17H21N3O2. The van der Waals surface area contributed by atoms with Crippen molar-refractivity contribution in [2.45, 2.75) is 33.1 Å². The van der Waals surface area contributed by atoms with Crippen LogP contribution in [0.5, 0.6) is 5.75 Å². The summed E-state index contributed by atoms with van der Waals surface area (Å²) >= 11 is 0. The highest BCUT2D eigenvalue weighted by Crippen LogP contribution is 2.26. The summed E-state index contributed by atoms with van der Waals surface area (Å²) in [6, 6.07) is 6.10. The number of carbonyl (C=O) groups excluding carboxylic acids is 1. The lowest BCUT2D eigenvalue weighted by molar-refractivity contribution is -0.118. The van der Waals surface area contributed by atoms with E-state index in [1.165, 1.54) is 17.5 Å². The Kier molecular flexibility index (Phi) is 3.88. The van der Waals surface area contributed by atoms with Gasteiger partial charge in [-0.15, -0.1) is 0 Å². The van der Waals surface area contributed by atoms with Gasteiger partial charge in [0.05, 0.1) is 17.1 Å². The number of aromatic nitrogens is 2. The standard InChI is InChI=1S/C17H21N3O2/c1-11-17(12(2)20(3)19-11)18-16(21)10-22-15-8-7-13-5-4-6-14(13)9-15/h7-9H,4-6,10H2,1-3H3,(H,18,21). The molecule has 1 N–H and O–H groups in total. The number of ether oxygens (including phenoxy) is 1. The van der Waals surface area contributed by atoms with E-state index < -0.39 is 0 Å². The fourth-order valence-electron chi connectivity index (χ4n) is 2.92. The lowest BCUT2D eigenvalue weighted by atomic mass is 10.1. The molecule has 0 fully saturated rings. The van der Waals surface area contributed by atoms with Crippen molar-refractivity contribution in [1.29, 1.82) is 0 Å². The number of aryl methyl sites for hydroxylation is 4. The van der Waals surface area contributed by atoms with Crippen LogP contribution in [0, 0.1) is 13.8 Å². The van der Waals surface area contributed by atoms with Crippen LogP contribution in [0.25, 0.3) is 0 Å². The number of carbonyl (C=O) groups is 1. The summed E-state index contributed by atoms with van der Waals surface area (Å²) in [7, 11) is 1.86. The van der Waals surface area contributed by atoms with E-state index in [4.69, 9.17) is 4.74 Å². The Balaban J connectivity index is 1.60. The van der Waals surface area contributed by atoms with E-state index in [2.05, 4.69) is 22.5 Å². The number of rotatable bonds is 4. The van der Waals surface area contributed by atoms with Crippen molar-refractivity contribution < 1.29 is 9.53 Å². The molecule has 0 unspecified atom stereocenters. The average Bonchev–Trinajstić information content (AvgIpc) is 3.05. The topological polar surface area (TPSA) is 56.2 Å². The van der Waals surface area contributed by atoms with Gasteiger partial charge >= 0.3 is 0 Å². The molecule has 1 amide bonds. The number of hydrogen-bond donors (Lipinski definition) is 1. The van der Waals surface area contributed by atoms with Gasteiger partial charge in [0.1, 0.15) is 5.75 Å². The van der Waals surface area contributed by atoms with Gasteiger partial charge in [-0.05, 0) is 56.4 Å². The molecular weight excluding hydrogens is 278 g/mol. The monoisotopic (exact) mass is 299 g/mol. The van der Waals surface area contributed by atoms with Gasteiger partial charge in [0.25, 0.3) is 5.91 Å². The first kappa shape index (κ1) is 14.6. The van der Waals surface area contributed by atoms with E-state index in [-0.39, 0.29) is 12.5 Å². The molecule has 1 aliphatic rings. The van der Waals surface area contributed by atoms with E-state index in [1.54, 1.807) is 4.68 Å². The van der Waals surface area contributed by atoms with Crippen LogP contribution in [-0.4, -0.2) is 22.3 Å². The zero-order chi connectivity index (χ0) is 15.7. The van der Waals surface area contributed by atoms with Crippen LogP contribution in [0.1, 0.15) is 28.9 Å². The van der Waals surface area contributed by atoms with Crippen molar-refractivity contribution in [2.24, 2.45) is 7.05 Å². The molecule has 0 saturated carbocycles. The van der Waals surface area contributed by atoms with Gasteiger partial charge in [0, 0.05) is 7.05 Å². The Labute approximate surface area is 130 Å². The van der Waals surface area contributed by atoms with Gasteiger partial charge < -0.3 is 10.1 Å². The molecule has 5 nitrogen and oxygen atoms in total. The Morgan fingerprint density at radius 3 is 2.82 bits per heavy atom. The maximum absolute atomic E-state index is 12.1. The van der Waals surface area contributed by atoms with Crippen molar-refractivity contribution in [3.63, 3.8) is 0 Å². The summed E-state index contributed by atoms with van der Waals surface area (Å²) < 4.78 is 7.37. The van der Waals surface area contributed by atoms with Crippen molar-refractivity contribution >= 4 is 11.6 Å². The van der Waals surface area contributed by atoms with E-state index in [9.17, 15) is 4.79 Å². The number of hydrogen-bond acceptors (Lipinski definition) is 3. The average molecular weight is 299 g/mol. The van der Waals surface area contributed by atoms with Crippen LogP contribution in [0.15, 0.2) is 18.2 Å². The first-order valence-electron chi connectivity index (χ1n) is 7.59. The number of nitrogens with one attached hydrogen (secondary N) is 1. The molecule has 0 saturated heterocycles. The molecule has 0 bridgehead atoms. The summed E-state index contributed by atoms with van der Waals surface area (Å²) in [6.07, 6.45) is 3.46. The second-order valence-corrected chi connectivity index (χ2v) is 5.79. The van der Waals surface area contributed by atoms with Crippen molar-refractivity contribution in [1.82, 2.24) is 9.78 Å². The maximum Gasteiger partial charge on any atom is 0.262 e. The molecule has 1 aromatic heterocycles. The first-order chi connectivity index (χ1) is 10.5. The summed E-state index contributed by atoms with van der Waals surface area (Å²) in [5.74, 6) is 0.593. The molecule has 3 rings (SSSR count). The van der Waals surface area contributed by atoms with Crippen LogP contribution in [0.2, 0.25) is 0 Å². The molecule has 0 spiro atoms. The second-order valence-electron chi connectivity index (χ2n) is 5.79. The minimum Gasteiger partial charge on any atom is -0.484 e. The second kappa shape index (κ2) is 5.83. The van der Waals surface area contributed by atoms with Gasteiger partial charge in [-0.3, -0.25) is 9.48 Å². The minimum atomic E-state index is -0.167. The van der Waals surface area contributed by atoms with Crippen molar-refractivity contribution in [2.75, 3.05) is 11.9 Å². The SMILES string of the molecule is Cc1nn(C)c(C)c1NC(=O)COc1ccc2c(c1)CCC2. The molecule has 5 heteroatoms. The first-order valence-corrected chi connectivity index (χ1v) is 7.59. The Morgan fingerprint density at radius 1 is 1.32 bits per heavy atom. The Bertz CT molecular complexity index is 719. The van der Waals surface area contributed by atoms with Gasteiger partial charge in [-0.1, -0.05) is 6.07 Å². The quantitative estimate of drug-likeness (QED) is 0.944. The zero-order valence-electron chi connectivity index (χ0n) is 13.3. The van der Waals surface area contributed by atoms with Gasteiger partial charge in [0.15, 0.2) is 6.61 Å². The highest BCUT2D eigenvalue weighted by molar-refractivity contribution is 5.93. The highest BCUT2D eigenvalue weighted by atomic mass is 16.5. The maximum atomic E-state index is 12.1. The Hall–Kier alpha value is -2.30. The minimum absolute atomic E-state index is 0.00651. The summed E-state index contributed by atoms with van der Waals surface area (Å²) in [5, 5.41) is 7.16. The zero-order valence-corrected chi connectivity index (χ0v) is 13.3. The summed E-state index contributed by atoms with van der Waals surface area (Å²) in [4.78, 5) is 12.1. The molecule has 0 aliphatic heterocycles. The molecule has 0 radical (unpaired) electrons. The lowest BCUT2D eigenvalue weighted by Crippen LogP contribution is -2.21. The van der Waals surface area contributed by atoms with E-state index in [1.807, 2.05) is 27.0 Å². The van der Waals surface area contributed by atoms with Gasteiger partial charge in [0.2, 0.25) is 0 Å². The normalized spacial score (nSPS) is 13.0. The van der Waals surface area contributed by atoms with Gasteiger partial charge in [-0.2, -0.15) is 5.10 Å². The molecule has 1 aliphatic carbocycles. The smallest absolute Gasteiger partial charge is 0.262 e. The molecule has 116 valence electrons. The molecule has 2 aromatic rings. The molecule has 1 aromatic carbocycles. The predicted octanol–water partition coefficient (Wildman–Crippen LogP) is 2.54. The van der Waals surface area contributed by atoms with Crippen LogP contribution in [0.3, 0.4) is 0 Å². The van der Waals surface area contributed by atoms with E-state index >= 15 is 0 Å². The fourth-order valence-corrected chi connectivity index (χ4v) is 2.92. The number of fused-ring (bicyclic) bond motifs is 1. The third kappa shape index (κ3) is 2.84. The number of benzene rings is 1. The number of anilines is 1. The third-order valence-electron chi connectivity index (χ3n) is 4.21. The van der Waals surface area contributed by atoms with Crippen LogP contribution >= 0.6 is 0 Å². The summed E-state index contributed by atoms with van der Waals surface area (Å²) in [5.41, 5.74) is 5.26. The largest absolute Gasteiger partial charge is 0.484 e. The van der Waals surface area contributed by atoms with Crippen molar-refractivity contribution in [3.8, 4) is 5.75 Å². The molecule has 1 heterocycles. The summed E-state index contributed by atoms with van der Waals surface area (Å²) in [6.45, 7) is 3.81. The Morgan fingerprint density at radius 2 is 2.09 bits per heavy atom. The van der Waals surface area contributed by atoms with Crippen LogP contribution < -0.4 is 10.1 Å². The van der Waals surface area contributed by atoms with Crippen LogP contribution in [0.4, 0.5) is 5.69 Å². The number of nitrogens with zero attached hydrogens (tertiary/aromatic N) is 2. The van der Waals surface area contributed by atoms with Crippen molar-refractivity contribution in [3.05, 3.63) is 40.7 Å². The molecule has 22 heavy (non-hydrogen) atoms. The fraction of sp³-hybridized carbons (Fsp3) is 0.412. The third-order valence-corrected chi connectivity index (χ3v) is 4.21. The van der Waals surface area contributed by atoms with Crippen LogP contribution in [-0.2, 0) is 24.7 Å². The predicted molar refractivity (Wildman–Crippen MR) is 85.3 cm³/mol. The highest BCUT2D eigenvalue weighted by Gasteiger charge is 2.14. The van der Waals surface area contributed by atoms with Gasteiger partial charge in [-0.25, -0.2) is 0 Å². The lowest BCUT2D eigenvalue weighted by Gasteiger charge is -2.09. The molecule has 0 atom stereocenters.